The molecule has 0 heterocycles. The SMILES string of the molecule is CCCCCc1ccc(-c2cc(C)c(-c3cc(F)c(C(F)(F)Oc4cc(F)c(F)c(F)c4)c(F)c3)c(F)c2)c(F)c1. The molecular formula is C31H23F9O. The molecule has 216 valence electrons. The molecule has 0 unspecified atom stereocenters. The van der Waals surface area contributed by atoms with E-state index in [4.69, 9.17) is 0 Å². The predicted octanol–water partition coefficient (Wildman–Crippen LogP) is 10.2. The number of unbranched alkanes of at least 4 members (excludes halogenated alkanes) is 2. The highest BCUT2D eigenvalue weighted by Crippen LogP contribution is 2.39. The maximum absolute atomic E-state index is 15.3. The van der Waals surface area contributed by atoms with Crippen molar-refractivity contribution in [2.24, 2.45) is 0 Å². The molecule has 0 radical (unpaired) electrons. The van der Waals surface area contributed by atoms with Crippen LogP contribution in [0.2, 0.25) is 0 Å². The molecule has 0 fully saturated rings. The zero-order valence-corrected chi connectivity index (χ0v) is 21.8. The molecule has 1 nitrogen and oxygen atoms in total. The Morgan fingerprint density at radius 1 is 0.659 bits per heavy atom. The van der Waals surface area contributed by atoms with E-state index < -0.39 is 63.7 Å². The highest BCUT2D eigenvalue weighted by Gasteiger charge is 2.41. The van der Waals surface area contributed by atoms with Gasteiger partial charge in [0.1, 0.15) is 34.6 Å². The van der Waals surface area contributed by atoms with Crippen molar-refractivity contribution in [3.05, 3.63) is 112 Å². The van der Waals surface area contributed by atoms with Crippen molar-refractivity contribution >= 4 is 0 Å². The third-order valence-electron chi connectivity index (χ3n) is 6.53. The van der Waals surface area contributed by atoms with Crippen LogP contribution in [0.5, 0.6) is 5.75 Å². The van der Waals surface area contributed by atoms with Gasteiger partial charge < -0.3 is 4.74 Å². The van der Waals surface area contributed by atoms with E-state index in [1.54, 1.807) is 6.07 Å². The number of ether oxygens (including phenoxy) is 1. The maximum atomic E-state index is 15.3. The molecule has 0 spiro atoms. The average Bonchev–Trinajstić information content (AvgIpc) is 2.86. The van der Waals surface area contributed by atoms with Crippen LogP contribution in [0.15, 0.2) is 54.6 Å². The molecule has 0 amide bonds. The molecule has 4 aromatic rings. The minimum atomic E-state index is -4.79. The number of alkyl halides is 2. The Balaban J connectivity index is 1.66. The van der Waals surface area contributed by atoms with Gasteiger partial charge in [-0.1, -0.05) is 38.0 Å². The average molecular weight is 583 g/mol. The first kappa shape index (κ1) is 30.0. The lowest BCUT2D eigenvalue weighted by molar-refractivity contribution is -0.189. The maximum Gasteiger partial charge on any atom is 0.432 e. The van der Waals surface area contributed by atoms with Crippen LogP contribution in [-0.4, -0.2) is 0 Å². The number of hydrogen-bond acceptors (Lipinski definition) is 1. The van der Waals surface area contributed by atoms with Gasteiger partial charge in [-0.05, 0) is 66.3 Å². The number of benzene rings is 4. The first-order valence-corrected chi connectivity index (χ1v) is 12.6. The second kappa shape index (κ2) is 11.9. The molecule has 0 atom stereocenters. The Kier molecular flexibility index (Phi) is 8.70. The highest BCUT2D eigenvalue weighted by molar-refractivity contribution is 5.75. The van der Waals surface area contributed by atoms with Crippen molar-refractivity contribution < 1.29 is 44.3 Å². The van der Waals surface area contributed by atoms with Gasteiger partial charge in [0.15, 0.2) is 17.5 Å². The fourth-order valence-corrected chi connectivity index (χ4v) is 4.58. The summed E-state index contributed by atoms with van der Waals surface area (Å²) >= 11 is 0. The molecular weight excluding hydrogens is 559 g/mol. The van der Waals surface area contributed by atoms with E-state index in [0.29, 0.717) is 18.6 Å². The molecule has 41 heavy (non-hydrogen) atoms. The third kappa shape index (κ3) is 6.36. The van der Waals surface area contributed by atoms with Crippen molar-refractivity contribution in [1.82, 2.24) is 0 Å². The summed E-state index contributed by atoms with van der Waals surface area (Å²) < 4.78 is 133. The summed E-state index contributed by atoms with van der Waals surface area (Å²) in [5, 5.41) is 0. The molecule has 0 aliphatic heterocycles. The lowest BCUT2D eigenvalue weighted by atomic mass is 9.93. The van der Waals surface area contributed by atoms with Gasteiger partial charge >= 0.3 is 6.11 Å². The van der Waals surface area contributed by atoms with Crippen molar-refractivity contribution in [3.63, 3.8) is 0 Å². The Morgan fingerprint density at radius 2 is 1.27 bits per heavy atom. The molecule has 0 saturated carbocycles. The number of halogens is 9. The third-order valence-corrected chi connectivity index (χ3v) is 6.53. The first-order chi connectivity index (χ1) is 19.3. The molecule has 4 rings (SSSR count). The van der Waals surface area contributed by atoms with Crippen molar-refractivity contribution in [3.8, 4) is 28.0 Å². The van der Waals surface area contributed by atoms with E-state index in [-0.39, 0.29) is 34.4 Å². The molecule has 0 aliphatic carbocycles. The van der Waals surface area contributed by atoms with Crippen molar-refractivity contribution in [2.75, 3.05) is 0 Å². The quantitative estimate of drug-likeness (QED) is 0.108. The van der Waals surface area contributed by atoms with E-state index in [1.807, 2.05) is 6.92 Å². The lowest BCUT2D eigenvalue weighted by Gasteiger charge is -2.20. The molecule has 10 heteroatoms. The molecule has 0 aromatic heterocycles. The van der Waals surface area contributed by atoms with Crippen LogP contribution >= 0.6 is 0 Å². The Labute approximate surface area is 230 Å². The smallest absolute Gasteiger partial charge is 0.429 e. The van der Waals surface area contributed by atoms with Crippen LogP contribution < -0.4 is 4.74 Å². The molecule has 0 N–H and O–H groups in total. The fourth-order valence-electron chi connectivity index (χ4n) is 4.58. The Hall–Kier alpha value is -3.95. The molecule has 0 saturated heterocycles. The topological polar surface area (TPSA) is 9.23 Å². The van der Waals surface area contributed by atoms with Gasteiger partial charge in [0.05, 0.1) is 0 Å². The van der Waals surface area contributed by atoms with Crippen LogP contribution in [0.3, 0.4) is 0 Å². The number of aryl methyl sites for hydroxylation is 2. The second-order valence-electron chi connectivity index (χ2n) is 9.56. The summed E-state index contributed by atoms with van der Waals surface area (Å²) in [5.41, 5.74) is -1.47. The van der Waals surface area contributed by atoms with Gasteiger partial charge in [-0.15, -0.1) is 0 Å². The summed E-state index contributed by atoms with van der Waals surface area (Å²) in [6, 6.07) is 8.03. The summed E-state index contributed by atoms with van der Waals surface area (Å²) in [6.45, 7) is 3.45. The Morgan fingerprint density at radius 3 is 1.83 bits per heavy atom. The van der Waals surface area contributed by atoms with Gasteiger partial charge in [-0.25, -0.2) is 30.7 Å². The first-order valence-electron chi connectivity index (χ1n) is 12.6. The van der Waals surface area contributed by atoms with Crippen LogP contribution in [0.4, 0.5) is 39.5 Å². The van der Waals surface area contributed by atoms with E-state index >= 15 is 4.39 Å². The summed E-state index contributed by atoms with van der Waals surface area (Å²) in [7, 11) is 0. The van der Waals surface area contributed by atoms with Gasteiger partial charge in [-0.3, -0.25) is 0 Å². The van der Waals surface area contributed by atoms with E-state index in [1.165, 1.54) is 25.1 Å². The second-order valence-corrected chi connectivity index (χ2v) is 9.56. The van der Waals surface area contributed by atoms with Crippen LogP contribution in [0, 0.1) is 47.6 Å². The summed E-state index contributed by atoms with van der Waals surface area (Å²) in [6.07, 6.45) is -1.20. The molecule has 4 aromatic carbocycles. The zero-order chi connectivity index (χ0) is 30.1. The van der Waals surface area contributed by atoms with Gasteiger partial charge in [0.25, 0.3) is 0 Å². The van der Waals surface area contributed by atoms with Crippen molar-refractivity contribution in [2.45, 2.75) is 45.6 Å². The predicted molar refractivity (Wildman–Crippen MR) is 136 cm³/mol. The summed E-state index contributed by atoms with van der Waals surface area (Å²) in [4.78, 5) is 0. The van der Waals surface area contributed by atoms with E-state index in [2.05, 4.69) is 4.74 Å². The zero-order valence-electron chi connectivity index (χ0n) is 21.8. The normalized spacial score (nSPS) is 11.7. The number of rotatable bonds is 9. The van der Waals surface area contributed by atoms with Crippen LogP contribution in [-0.2, 0) is 12.5 Å². The minimum absolute atomic E-state index is 0.0830. The van der Waals surface area contributed by atoms with Crippen LogP contribution in [0.1, 0.15) is 42.9 Å². The van der Waals surface area contributed by atoms with Gasteiger partial charge in [0, 0.05) is 23.3 Å². The van der Waals surface area contributed by atoms with E-state index in [9.17, 15) is 35.1 Å². The summed E-state index contributed by atoms with van der Waals surface area (Å²) in [5.74, 6) is -12.1. The highest BCUT2D eigenvalue weighted by atomic mass is 19.3. The lowest BCUT2D eigenvalue weighted by Crippen LogP contribution is -2.25. The Bertz CT molecular complexity index is 1530. The molecule has 0 aliphatic rings. The monoisotopic (exact) mass is 582 g/mol. The van der Waals surface area contributed by atoms with Crippen LogP contribution in [0.25, 0.3) is 22.3 Å². The fraction of sp³-hybridized carbons (Fsp3) is 0.226. The molecule has 0 bridgehead atoms. The number of hydrogen-bond donors (Lipinski definition) is 0. The van der Waals surface area contributed by atoms with Gasteiger partial charge in [-0.2, -0.15) is 8.78 Å². The minimum Gasteiger partial charge on any atom is -0.429 e. The van der Waals surface area contributed by atoms with Gasteiger partial charge in [0.2, 0.25) is 0 Å². The van der Waals surface area contributed by atoms with E-state index in [0.717, 1.165) is 30.9 Å². The van der Waals surface area contributed by atoms with Crippen molar-refractivity contribution in [1.29, 1.82) is 0 Å². The standard InChI is InChI=1S/C31H23F9O/c1-3-4-5-6-17-7-8-21(22(32)10-17)18-9-16(2)28(23(33)11-18)19-12-24(34)29(25(35)13-19)31(39,40)41-20-14-26(36)30(38)27(37)15-20/h7-15H,3-6H2,1-2H3. The largest absolute Gasteiger partial charge is 0.432 e.